The second-order valence-corrected chi connectivity index (χ2v) is 19.7. The number of hydrogen-bond donors (Lipinski definition) is 5. The summed E-state index contributed by atoms with van der Waals surface area (Å²) in [5.41, 5.74) is 4.08. The normalized spacial score (nSPS) is 12.2. The first-order chi connectivity index (χ1) is 40.7. The molecule has 0 spiro atoms. The molecule has 472 valence electrons. The zero-order valence-electron chi connectivity index (χ0n) is 48.3. The van der Waals surface area contributed by atoms with E-state index in [9.17, 15) is 73.5 Å². The van der Waals surface area contributed by atoms with Gasteiger partial charge in [-0.3, -0.25) is 33.9 Å². The standard InChI is InChI=1S/C27H31F4N7O5.C15H13F4N5O.C12H20N2O5/c1-36(2)21(39)10-6-5-9-19(43-26(42)37(3)4)24(40)33-18-8-7-13-38(25(18)41)15-20-34-22-16(28)14-32-17(23(22)35-20)11-12-27(29,30)31;16-8-6-21-10(3-4-15(17,18)19)13-12(8)22-11(23-13)7-24-5-1-2-9(20)14(24)25;1-13(2)10(15)8-6-5-7-9(11(16)17)19-12(18)14(3)4/h6-8,10,13-14,19H,5,9,11-12,15H2,1-4H3,(H,33,40)(H,34,35);1-2,5-6H,3-4,7,20H2,(H,22,23);6,8-9H,5,7H2,1-4H3,(H,16,17)/b10-6+;;8-6+/t19-;;9-/m0.0/s1. The number of carbonyl (C=O) groups is 6. The molecule has 6 aromatic rings. The highest BCUT2D eigenvalue weighted by atomic mass is 19.4. The van der Waals surface area contributed by atoms with Crippen LogP contribution in [-0.2, 0) is 54.6 Å². The molecule has 6 aromatic heterocycles. The first-order valence-corrected chi connectivity index (χ1v) is 26.0. The van der Waals surface area contributed by atoms with E-state index >= 15 is 0 Å². The number of rotatable bonds is 21. The number of aryl methyl sites for hydroxylation is 2. The van der Waals surface area contributed by atoms with Crippen molar-refractivity contribution >= 4 is 69.3 Å². The number of hydrogen-bond acceptors (Lipinski definition) is 15. The Morgan fingerprint density at radius 3 is 1.48 bits per heavy atom. The molecule has 0 radical (unpaired) electrons. The van der Waals surface area contributed by atoms with E-state index in [1.54, 1.807) is 40.3 Å². The van der Waals surface area contributed by atoms with Crippen molar-refractivity contribution in [2.24, 2.45) is 0 Å². The van der Waals surface area contributed by atoms with Gasteiger partial charge in [-0.15, -0.1) is 0 Å². The number of H-pyrrole nitrogens is 2. The predicted octanol–water partition coefficient (Wildman–Crippen LogP) is 6.18. The summed E-state index contributed by atoms with van der Waals surface area (Å²) in [6, 6.07) is 5.79. The number of fused-ring (bicyclic) bond motifs is 2. The number of alkyl halides is 6. The maximum absolute atomic E-state index is 14.3. The lowest BCUT2D eigenvalue weighted by molar-refractivity contribution is -0.147. The van der Waals surface area contributed by atoms with Gasteiger partial charge in [-0.2, -0.15) is 26.3 Å². The third-order valence-electron chi connectivity index (χ3n) is 11.8. The van der Waals surface area contributed by atoms with Gasteiger partial charge in [0.05, 0.1) is 53.6 Å². The van der Waals surface area contributed by atoms with Crippen LogP contribution in [0, 0.1) is 11.6 Å². The van der Waals surface area contributed by atoms with Gasteiger partial charge < -0.3 is 64.3 Å². The van der Waals surface area contributed by atoms with Crippen LogP contribution in [0.1, 0.15) is 61.6 Å². The minimum atomic E-state index is -4.44. The van der Waals surface area contributed by atoms with Gasteiger partial charge in [0, 0.05) is 94.5 Å². The number of ether oxygens (including phenoxy) is 2. The fourth-order valence-electron chi connectivity index (χ4n) is 7.24. The fraction of sp³-hybridized carbons (Fsp3) is 0.407. The number of amides is 5. The van der Waals surface area contributed by atoms with Crippen molar-refractivity contribution in [3.63, 3.8) is 0 Å². The van der Waals surface area contributed by atoms with E-state index in [0.29, 0.717) is 6.42 Å². The second-order valence-electron chi connectivity index (χ2n) is 19.7. The number of carboxylic acid groups (broad SMARTS) is 1. The number of halogens is 8. The maximum Gasteiger partial charge on any atom is 0.410 e. The van der Waals surface area contributed by atoms with Crippen LogP contribution in [-0.4, -0.2) is 181 Å². The number of nitrogens with one attached hydrogen (secondary N) is 3. The van der Waals surface area contributed by atoms with E-state index in [1.165, 1.54) is 91.4 Å². The number of pyridine rings is 4. The first-order valence-electron chi connectivity index (χ1n) is 26.0. The molecule has 0 saturated heterocycles. The molecule has 87 heavy (non-hydrogen) atoms. The van der Waals surface area contributed by atoms with Crippen molar-refractivity contribution in [1.29, 1.82) is 0 Å². The van der Waals surface area contributed by atoms with Crippen molar-refractivity contribution in [1.82, 2.24) is 58.6 Å². The van der Waals surface area contributed by atoms with Gasteiger partial charge in [0.1, 0.15) is 28.4 Å². The van der Waals surface area contributed by atoms with Crippen molar-refractivity contribution in [3.8, 4) is 0 Å². The van der Waals surface area contributed by atoms with Gasteiger partial charge in [-0.05, 0) is 62.1 Å². The quantitative estimate of drug-likeness (QED) is 0.0397. The largest absolute Gasteiger partial charge is 0.479 e. The molecule has 0 aromatic carbocycles. The summed E-state index contributed by atoms with van der Waals surface area (Å²) < 4.78 is 116. The molecule has 2 atom stereocenters. The number of anilines is 2. The van der Waals surface area contributed by atoms with Crippen LogP contribution in [0.25, 0.3) is 22.1 Å². The third-order valence-corrected chi connectivity index (χ3v) is 11.8. The zero-order chi connectivity index (χ0) is 65.1. The molecule has 0 saturated carbocycles. The molecule has 0 aliphatic heterocycles. The molecule has 25 nitrogen and oxygen atoms in total. The molecule has 5 amide bonds. The zero-order valence-corrected chi connectivity index (χ0v) is 48.3. The van der Waals surface area contributed by atoms with Crippen LogP contribution >= 0.6 is 0 Å². The smallest absolute Gasteiger partial charge is 0.410 e. The van der Waals surface area contributed by atoms with Gasteiger partial charge >= 0.3 is 30.5 Å². The Labute approximate surface area is 490 Å². The fourth-order valence-corrected chi connectivity index (χ4v) is 7.24. The van der Waals surface area contributed by atoms with Gasteiger partial charge in [0.15, 0.2) is 17.7 Å². The van der Waals surface area contributed by atoms with Gasteiger partial charge in [-0.25, -0.2) is 33.1 Å². The highest BCUT2D eigenvalue weighted by molar-refractivity contribution is 5.95. The Balaban J connectivity index is 0.000000310. The molecule has 0 aliphatic carbocycles. The molecule has 0 bridgehead atoms. The van der Waals surface area contributed by atoms with E-state index in [0.717, 1.165) is 26.8 Å². The number of nitrogens with zero attached hydrogens (tertiary/aromatic N) is 10. The van der Waals surface area contributed by atoms with E-state index < -0.39 is 97.1 Å². The summed E-state index contributed by atoms with van der Waals surface area (Å²) in [7, 11) is 12.2. The van der Waals surface area contributed by atoms with Crippen LogP contribution in [0.15, 0.2) is 82.9 Å². The number of carbonyl (C=O) groups excluding carboxylic acids is 5. The molecular formula is C54H64F8N14O11. The van der Waals surface area contributed by atoms with E-state index in [1.807, 2.05) is 0 Å². The minimum absolute atomic E-state index is 0.0105. The second kappa shape index (κ2) is 31.4. The number of aromatic nitrogens is 8. The lowest BCUT2D eigenvalue weighted by Crippen LogP contribution is -2.37. The summed E-state index contributed by atoms with van der Waals surface area (Å²) in [5.74, 6) is -3.77. The average Bonchev–Trinajstić information content (AvgIpc) is 1.90. The molecule has 0 fully saturated rings. The number of aromatic amines is 2. The van der Waals surface area contributed by atoms with Crippen LogP contribution in [0.3, 0.4) is 0 Å². The van der Waals surface area contributed by atoms with Crippen LogP contribution in [0.5, 0.6) is 0 Å². The average molecular weight is 1240 g/mol. The highest BCUT2D eigenvalue weighted by Crippen LogP contribution is 2.27. The summed E-state index contributed by atoms with van der Waals surface area (Å²) in [4.78, 5) is 122. The Hall–Kier alpha value is -9.72. The lowest BCUT2D eigenvalue weighted by atomic mass is 10.1. The highest BCUT2D eigenvalue weighted by Gasteiger charge is 2.30. The molecule has 0 unspecified atom stereocenters. The first kappa shape index (κ1) is 69.8. The molecule has 6 heterocycles. The Morgan fingerprint density at radius 2 is 1.07 bits per heavy atom. The summed E-state index contributed by atoms with van der Waals surface area (Å²) in [5, 5.41) is 11.4. The van der Waals surface area contributed by atoms with Crippen LogP contribution < -0.4 is 22.2 Å². The number of likely N-dealkylation sites (N-methyl/N-ethyl adjacent to an activating group) is 2. The van der Waals surface area contributed by atoms with E-state index in [-0.39, 0.29) is 101 Å². The van der Waals surface area contributed by atoms with Gasteiger partial charge in [-0.1, -0.05) is 12.2 Å². The number of aliphatic carboxylic acids is 1. The molecule has 0 aliphatic rings. The van der Waals surface area contributed by atoms with Crippen LogP contribution in [0.4, 0.5) is 56.1 Å². The van der Waals surface area contributed by atoms with Crippen molar-refractivity contribution < 1.29 is 78.5 Å². The van der Waals surface area contributed by atoms with Gasteiger partial charge in [0.2, 0.25) is 17.9 Å². The van der Waals surface area contributed by atoms with Crippen molar-refractivity contribution in [2.75, 3.05) is 67.4 Å². The van der Waals surface area contributed by atoms with Gasteiger partial charge in [0.25, 0.3) is 17.0 Å². The number of allylic oxidation sites excluding steroid dienone is 2. The van der Waals surface area contributed by atoms with E-state index in [2.05, 4.69) is 35.2 Å². The Kier molecular flexibility index (Phi) is 25.2. The predicted molar refractivity (Wildman–Crippen MR) is 299 cm³/mol. The number of nitrogens with two attached hydrogens (primary N) is 1. The number of carboxylic acids is 1. The summed E-state index contributed by atoms with van der Waals surface area (Å²) in [6.45, 7) is -0.268. The minimum Gasteiger partial charge on any atom is -0.479 e. The molecule has 33 heteroatoms. The molecular weight excluding hydrogens is 1170 g/mol. The number of imidazole rings is 2. The topological polar surface area (TPSA) is 319 Å². The Morgan fingerprint density at radius 1 is 0.655 bits per heavy atom. The summed E-state index contributed by atoms with van der Waals surface area (Å²) >= 11 is 0. The maximum atomic E-state index is 14.3. The SMILES string of the molecule is CN(C)C(=O)/C=C/CC[C@H](OC(=O)N(C)C)C(=O)Nc1cccn(Cc2nc3c(F)cnc(CCC(F)(F)F)c3[nH]2)c1=O.CN(C)C(=O)/C=C/CC[C@H](OC(=O)N(C)C)C(=O)O.Nc1cccn(Cc2nc3c(F)cnc(CCC(F)(F)F)c3[nH]2)c1=O. The van der Waals surface area contributed by atoms with Crippen LogP contribution in [0.2, 0.25) is 0 Å². The molecule has 6 rings (SSSR count). The summed E-state index contributed by atoms with van der Waals surface area (Å²) in [6.07, 6.45) is -5.03. The monoisotopic (exact) mass is 1240 g/mol. The Bertz CT molecular complexity index is 3570. The third kappa shape index (κ3) is 22.0. The van der Waals surface area contributed by atoms with Crippen molar-refractivity contribution in [2.45, 2.75) is 89.0 Å². The van der Waals surface area contributed by atoms with E-state index in [4.69, 9.17) is 20.3 Å². The van der Waals surface area contributed by atoms with Crippen molar-refractivity contribution in [3.05, 3.63) is 129 Å². The molecule has 6 N–H and O–H groups in total. The number of nitrogen functional groups attached to an aromatic ring is 1. The lowest BCUT2D eigenvalue weighted by Gasteiger charge is -2.19.